The van der Waals surface area contributed by atoms with Gasteiger partial charge in [0.15, 0.2) is 0 Å². The highest BCUT2D eigenvalue weighted by atomic mass is 19.4. The molecule has 3 heterocycles. The normalized spacial score (nSPS) is 26.4. The van der Waals surface area contributed by atoms with Crippen molar-refractivity contribution in [2.24, 2.45) is 11.8 Å². The Hall–Kier alpha value is -8.32. The van der Waals surface area contributed by atoms with Crippen LogP contribution in [0.5, 0.6) is 0 Å². The van der Waals surface area contributed by atoms with Gasteiger partial charge in [-0.25, -0.2) is 8.78 Å². The molecule has 0 radical (unpaired) electrons. The lowest BCUT2D eigenvalue weighted by Gasteiger charge is -2.46. The molecule has 12 amide bonds. The van der Waals surface area contributed by atoms with Crippen molar-refractivity contribution in [3.63, 3.8) is 0 Å². The molecular weight excluding hydrogens is 1340 g/mol. The quantitative estimate of drug-likeness (QED) is 0.137. The first-order valence-corrected chi connectivity index (χ1v) is 35.2. The van der Waals surface area contributed by atoms with Crippen molar-refractivity contribution in [3.05, 3.63) is 47.5 Å². The van der Waals surface area contributed by atoms with E-state index in [2.05, 4.69) is 22.5 Å². The maximum Gasteiger partial charge on any atom is 0.422 e. The number of alkyl halides is 3. The summed E-state index contributed by atoms with van der Waals surface area (Å²) in [6, 6.07) is -10.7. The van der Waals surface area contributed by atoms with E-state index in [4.69, 9.17) is 9.47 Å². The second-order valence-corrected chi connectivity index (χ2v) is 27.9. The standard InChI is InChI=1S/C70H103F5N12O15/c1-14-32-102-56(91)37-52-64(96)80(8)39-53(88)76-47(28-27-42-33-45(71)57(46(72)34-42)70(73,74)75)62(94)87-38-44(101-17-4)35-50(87)61(93)78-69(29-23-30-69)68(100)85(13)59(43-24-20-21-25-43)67(99)84(12)51(63(95)79(6)7)36-54(89)82(10)48(16-3)60(92)77-58(41(5)15-2)66(98)81(9)40-55(90)83(11)49-26-19-18-22-31-86(52)65(49)97/h14,33-34,41,43-44,47-52,58-59H,1,15-32,35-40H2,2-13H3,(H,76,88)(H,77,92)(H,78,93)/t41-,44+,47-,48-,49-,50-,51-,52-,58-,59-/m0/s1. The second kappa shape index (κ2) is 36.2. The van der Waals surface area contributed by atoms with Crippen LogP contribution >= 0.6 is 0 Å². The van der Waals surface area contributed by atoms with Crippen LogP contribution in [-0.4, -0.2) is 277 Å². The van der Waals surface area contributed by atoms with Crippen molar-refractivity contribution in [1.82, 2.24) is 60.0 Å². The van der Waals surface area contributed by atoms with E-state index in [0.717, 1.165) is 41.3 Å². The van der Waals surface area contributed by atoms with Gasteiger partial charge in [-0.1, -0.05) is 65.5 Å². The third-order valence-corrected chi connectivity index (χ3v) is 20.7. The maximum atomic E-state index is 15.4. The number of fused-ring (bicyclic) bond motifs is 3. The van der Waals surface area contributed by atoms with E-state index in [-0.39, 0.29) is 64.0 Å². The van der Waals surface area contributed by atoms with Gasteiger partial charge in [0.05, 0.1) is 32.0 Å². The predicted octanol–water partition coefficient (Wildman–Crippen LogP) is 3.18. The molecule has 3 saturated heterocycles. The third-order valence-electron chi connectivity index (χ3n) is 20.7. The SMILES string of the molecule is C=CCOC(=O)C[C@H]1C(=O)N(C)CC(=O)N[C@@H](CCc2cc(F)c(C(F)(F)F)c(F)c2)C(=O)N2C[C@H](OCC)C[C@H]2C(=O)NC2(CCC2)C(=O)N(C)[C@@H](C2CCCC2)C(=O)N(C)[C@H](C(=O)N(C)C)CC(=O)N(C)[C@@H](CC)C(=O)N[C@@H]([C@@H](C)CC)C(=O)N(C)CC(=O)N(C)[C@H]2CCCCCN1C2=O. The van der Waals surface area contributed by atoms with E-state index >= 15 is 32.8 Å². The molecule has 1 spiro atoms. The molecule has 5 fully saturated rings. The van der Waals surface area contributed by atoms with Crippen LogP contribution in [-0.2, 0) is 84.4 Å². The highest BCUT2D eigenvalue weighted by Gasteiger charge is 2.54. The number of nitrogens with zero attached hydrogens (tertiary/aromatic N) is 9. The number of hydrogen-bond acceptors (Lipinski definition) is 15. The number of halogens is 5. The zero-order chi connectivity index (χ0) is 76.0. The summed E-state index contributed by atoms with van der Waals surface area (Å²) in [5, 5.41) is 8.24. The molecule has 0 unspecified atom stereocenters. The van der Waals surface area contributed by atoms with Gasteiger partial charge < -0.3 is 69.5 Å². The van der Waals surface area contributed by atoms with Crippen LogP contribution in [0.1, 0.15) is 148 Å². The largest absolute Gasteiger partial charge is 0.461 e. The molecular formula is C70H103F5N12O15. The number of rotatable bonds is 14. The summed E-state index contributed by atoms with van der Waals surface area (Å²) < 4.78 is 82.9. The molecule has 1 aromatic carbocycles. The molecule has 6 rings (SSSR count). The highest BCUT2D eigenvalue weighted by Crippen LogP contribution is 2.39. The first-order valence-electron chi connectivity index (χ1n) is 35.2. The lowest BCUT2D eigenvalue weighted by Crippen LogP contribution is -2.68. The average Bonchev–Trinajstić information content (AvgIpc) is 1.19. The van der Waals surface area contributed by atoms with E-state index in [0.29, 0.717) is 69.9 Å². The van der Waals surface area contributed by atoms with E-state index in [1.165, 1.54) is 65.2 Å². The van der Waals surface area contributed by atoms with Crippen LogP contribution in [0.25, 0.3) is 0 Å². The van der Waals surface area contributed by atoms with Gasteiger partial charge in [-0.2, -0.15) is 13.2 Å². The summed E-state index contributed by atoms with van der Waals surface area (Å²) >= 11 is 0. The zero-order valence-electron chi connectivity index (χ0n) is 60.8. The Balaban J connectivity index is 1.48. The van der Waals surface area contributed by atoms with Gasteiger partial charge in [0.25, 0.3) is 0 Å². The summed E-state index contributed by atoms with van der Waals surface area (Å²) in [5.74, 6) is -15.7. The van der Waals surface area contributed by atoms with Gasteiger partial charge in [-0.3, -0.25) is 62.3 Å². The minimum absolute atomic E-state index is 0.00896. The fraction of sp³-hybridized carbons (Fsp3) is 0.700. The number of amides is 12. The van der Waals surface area contributed by atoms with Crippen LogP contribution in [0.15, 0.2) is 24.8 Å². The van der Waals surface area contributed by atoms with Crippen LogP contribution in [0, 0.1) is 23.5 Å². The molecule has 102 heavy (non-hydrogen) atoms. The Bertz CT molecular complexity index is 3250. The molecule has 5 aliphatic rings. The monoisotopic (exact) mass is 1450 g/mol. The number of hydrogen-bond donors (Lipinski definition) is 3. The molecule has 2 saturated carbocycles. The maximum absolute atomic E-state index is 15.4. The molecule has 32 heteroatoms. The summed E-state index contributed by atoms with van der Waals surface area (Å²) in [4.78, 5) is 202. The first-order chi connectivity index (χ1) is 48.0. The minimum Gasteiger partial charge on any atom is -0.461 e. The number of nitrogens with one attached hydrogen (secondary N) is 3. The molecule has 2 bridgehead atoms. The zero-order valence-corrected chi connectivity index (χ0v) is 60.8. The Morgan fingerprint density at radius 2 is 1.34 bits per heavy atom. The van der Waals surface area contributed by atoms with Crippen LogP contribution in [0.2, 0.25) is 0 Å². The lowest BCUT2D eigenvalue weighted by molar-refractivity contribution is -0.158. The predicted molar refractivity (Wildman–Crippen MR) is 360 cm³/mol. The topological polar surface area (TPSA) is 306 Å². The minimum atomic E-state index is -5.43. The summed E-state index contributed by atoms with van der Waals surface area (Å²) in [7, 11) is 10.8. The third kappa shape index (κ3) is 19.7. The van der Waals surface area contributed by atoms with E-state index in [9.17, 15) is 51.5 Å². The number of benzene rings is 1. The molecule has 0 aromatic heterocycles. The van der Waals surface area contributed by atoms with Crippen LogP contribution in [0.4, 0.5) is 22.0 Å². The smallest absolute Gasteiger partial charge is 0.422 e. The molecule has 2 aliphatic carbocycles. The Morgan fingerprint density at radius 1 is 0.716 bits per heavy atom. The van der Waals surface area contributed by atoms with Gasteiger partial charge in [0.1, 0.15) is 77.7 Å². The lowest BCUT2D eigenvalue weighted by atomic mass is 9.74. The molecule has 1 aromatic rings. The van der Waals surface area contributed by atoms with Crippen LogP contribution in [0.3, 0.4) is 0 Å². The first kappa shape index (κ1) is 82.6. The van der Waals surface area contributed by atoms with Gasteiger partial charge >= 0.3 is 12.1 Å². The van der Waals surface area contributed by atoms with Crippen molar-refractivity contribution in [3.8, 4) is 0 Å². The summed E-state index contributed by atoms with van der Waals surface area (Å²) in [6.45, 7) is 8.08. The van der Waals surface area contributed by atoms with Crippen molar-refractivity contribution < 1.29 is 93.8 Å². The van der Waals surface area contributed by atoms with Crippen molar-refractivity contribution in [2.45, 2.75) is 209 Å². The van der Waals surface area contributed by atoms with E-state index in [1.807, 2.05) is 0 Å². The summed E-state index contributed by atoms with van der Waals surface area (Å²) in [6.07, 6.45) is -3.38. The van der Waals surface area contributed by atoms with Gasteiger partial charge in [0, 0.05) is 82.5 Å². The van der Waals surface area contributed by atoms with E-state index < -0.39 is 211 Å². The number of carbonyl (C=O) groups is 13. The Labute approximate surface area is 593 Å². The fourth-order valence-electron chi connectivity index (χ4n) is 14.4. The van der Waals surface area contributed by atoms with Gasteiger partial charge in [0.2, 0.25) is 70.9 Å². The van der Waals surface area contributed by atoms with Gasteiger partial charge in [-0.05, 0) is 101 Å². The number of likely N-dealkylation sites (N-methyl/N-ethyl adjacent to an activating group) is 7. The molecule has 27 nitrogen and oxygen atoms in total. The molecule has 3 aliphatic heterocycles. The number of carbonyl (C=O) groups excluding carboxylic acids is 13. The second-order valence-electron chi connectivity index (χ2n) is 27.9. The Kier molecular flexibility index (Phi) is 29.3. The van der Waals surface area contributed by atoms with Gasteiger partial charge in [-0.15, -0.1) is 0 Å². The summed E-state index contributed by atoms with van der Waals surface area (Å²) in [5.41, 5.74) is -4.23. The number of esters is 1. The molecule has 10 atom stereocenters. The van der Waals surface area contributed by atoms with Crippen molar-refractivity contribution >= 4 is 76.9 Å². The number of aryl methyl sites for hydroxylation is 1. The van der Waals surface area contributed by atoms with Crippen LogP contribution < -0.4 is 16.0 Å². The molecule has 3 N–H and O–H groups in total. The van der Waals surface area contributed by atoms with Crippen molar-refractivity contribution in [2.75, 3.05) is 95.8 Å². The highest BCUT2D eigenvalue weighted by molar-refractivity contribution is 6.01. The number of ether oxygens (including phenoxy) is 2. The van der Waals surface area contributed by atoms with E-state index in [1.54, 1.807) is 27.7 Å². The molecule has 568 valence electrons. The Morgan fingerprint density at radius 3 is 1.91 bits per heavy atom. The average molecular weight is 1450 g/mol. The fourth-order valence-corrected chi connectivity index (χ4v) is 14.4. The van der Waals surface area contributed by atoms with Crippen molar-refractivity contribution in [1.29, 1.82) is 0 Å².